The molecule has 0 aliphatic carbocycles. The summed E-state index contributed by atoms with van der Waals surface area (Å²) in [5, 5.41) is 13.4. The van der Waals surface area contributed by atoms with Gasteiger partial charge in [-0.3, -0.25) is 9.36 Å². The predicted octanol–water partition coefficient (Wildman–Crippen LogP) is 2.00. The van der Waals surface area contributed by atoms with Crippen LogP contribution in [-0.4, -0.2) is 70.1 Å². The zero-order valence-corrected chi connectivity index (χ0v) is 19.1. The molecule has 2 N–H and O–H groups in total. The van der Waals surface area contributed by atoms with Gasteiger partial charge in [0.2, 0.25) is 5.91 Å². The van der Waals surface area contributed by atoms with Gasteiger partial charge in [-0.2, -0.15) is 0 Å². The minimum absolute atomic E-state index is 0.0172. The summed E-state index contributed by atoms with van der Waals surface area (Å²) in [7, 11) is -3.03. The highest BCUT2D eigenvalue weighted by atomic mass is 32.2. The third-order valence-corrected chi connectivity index (χ3v) is 8.62. The highest BCUT2D eigenvalue weighted by molar-refractivity contribution is 7.99. The highest BCUT2D eigenvalue weighted by Gasteiger charge is 2.29. The van der Waals surface area contributed by atoms with E-state index < -0.39 is 9.84 Å². The maximum atomic E-state index is 12.4. The van der Waals surface area contributed by atoms with Crippen molar-refractivity contribution < 1.29 is 17.9 Å². The van der Waals surface area contributed by atoms with Crippen molar-refractivity contribution >= 4 is 38.4 Å². The van der Waals surface area contributed by atoms with E-state index in [9.17, 15) is 13.2 Å². The largest absolute Gasteiger partial charge is 0.376 e. The fourth-order valence-electron chi connectivity index (χ4n) is 4.32. The molecule has 32 heavy (non-hydrogen) atoms. The zero-order chi connectivity index (χ0) is 22.1. The number of hydrogen-bond acceptors (Lipinski definition) is 7. The maximum Gasteiger partial charge on any atom is 0.230 e. The van der Waals surface area contributed by atoms with Crippen molar-refractivity contribution in [2.45, 2.75) is 43.1 Å². The quantitative estimate of drug-likeness (QED) is 0.502. The number of nitrogens with one attached hydrogen (secondary N) is 2. The van der Waals surface area contributed by atoms with E-state index in [0.717, 1.165) is 41.7 Å². The first kappa shape index (κ1) is 21.5. The van der Waals surface area contributed by atoms with Crippen LogP contribution in [-0.2, 0) is 25.9 Å². The number of sulfone groups is 1. The van der Waals surface area contributed by atoms with Gasteiger partial charge in [0.15, 0.2) is 20.8 Å². The zero-order valence-electron chi connectivity index (χ0n) is 17.5. The first-order valence-electron chi connectivity index (χ1n) is 10.7. The number of rotatable bonds is 7. The fraction of sp³-hybridized carbons (Fsp3) is 0.476. The van der Waals surface area contributed by atoms with Gasteiger partial charge < -0.3 is 15.0 Å². The van der Waals surface area contributed by atoms with Gasteiger partial charge in [-0.05, 0) is 25.3 Å². The SMILES string of the molecule is O=C(CSc1nnc(-c2c[nH]c3ccccc23)n1C[C@H]1CCCO1)N[C@H]1CCS(=O)(=O)C1. The van der Waals surface area contributed by atoms with Crippen LogP contribution in [0, 0.1) is 0 Å². The number of benzene rings is 1. The number of carbonyl (C=O) groups is 1. The van der Waals surface area contributed by atoms with E-state index in [1.54, 1.807) is 0 Å². The van der Waals surface area contributed by atoms with Crippen molar-refractivity contribution in [1.82, 2.24) is 25.1 Å². The summed E-state index contributed by atoms with van der Waals surface area (Å²) in [5.74, 6) is 0.840. The Morgan fingerprint density at radius 3 is 2.94 bits per heavy atom. The van der Waals surface area contributed by atoms with E-state index in [1.165, 1.54) is 11.8 Å². The number of hydrogen-bond donors (Lipinski definition) is 2. The molecule has 0 bridgehead atoms. The van der Waals surface area contributed by atoms with E-state index in [0.29, 0.717) is 18.1 Å². The third kappa shape index (κ3) is 4.55. The van der Waals surface area contributed by atoms with Crippen LogP contribution in [0.3, 0.4) is 0 Å². The van der Waals surface area contributed by atoms with Gasteiger partial charge in [0, 0.05) is 35.3 Å². The molecule has 0 saturated carbocycles. The molecule has 1 amide bonds. The average molecular weight is 476 g/mol. The molecule has 0 spiro atoms. The van der Waals surface area contributed by atoms with Gasteiger partial charge in [0.25, 0.3) is 0 Å². The molecule has 2 aliphatic rings. The summed E-state index contributed by atoms with van der Waals surface area (Å²) >= 11 is 1.31. The lowest BCUT2D eigenvalue weighted by atomic mass is 10.1. The van der Waals surface area contributed by atoms with E-state index in [1.807, 2.05) is 35.0 Å². The van der Waals surface area contributed by atoms with Crippen LogP contribution >= 0.6 is 11.8 Å². The van der Waals surface area contributed by atoms with E-state index in [-0.39, 0.29) is 35.3 Å². The summed E-state index contributed by atoms with van der Waals surface area (Å²) in [6.45, 7) is 1.37. The molecule has 2 aromatic heterocycles. The first-order valence-corrected chi connectivity index (χ1v) is 13.5. The van der Waals surface area contributed by atoms with Crippen LogP contribution < -0.4 is 5.32 Å². The lowest BCUT2D eigenvalue weighted by Gasteiger charge is -2.15. The van der Waals surface area contributed by atoms with Crippen LogP contribution in [0.1, 0.15) is 19.3 Å². The fourth-order valence-corrected chi connectivity index (χ4v) is 6.75. The van der Waals surface area contributed by atoms with Crippen molar-refractivity contribution in [2.75, 3.05) is 23.9 Å². The second-order valence-corrected chi connectivity index (χ2v) is 11.4. The Bertz CT molecular complexity index is 1230. The number of amides is 1. The van der Waals surface area contributed by atoms with Crippen molar-refractivity contribution in [2.24, 2.45) is 0 Å². The predicted molar refractivity (Wildman–Crippen MR) is 122 cm³/mol. The van der Waals surface area contributed by atoms with Gasteiger partial charge >= 0.3 is 0 Å². The average Bonchev–Trinajstić information content (AvgIpc) is 3.55. The van der Waals surface area contributed by atoms with Crippen molar-refractivity contribution in [1.29, 1.82) is 0 Å². The van der Waals surface area contributed by atoms with Crippen molar-refractivity contribution in [3.05, 3.63) is 30.5 Å². The molecule has 0 unspecified atom stereocenters. The normalized spacial score (nSPS) is 22.5. The van der Waals surface area contributed by atoms with Crippen LogP contribution in [0.4, 0.5) is 0 Å². The van der Waals surface area contributed by atoms with Gasteiger partial charge in [0.05, 0.1) is 29.9 Å². The molecule has 1 aromatic carbocycles. The summed E-state index contributed by atoms with van der Waals surface area (Å²) in [5.41, 5.74) is 1.98. The molecular weight excluding hydrogens is 450 g/mol. The lowest BCUT2D eigenvalue weighted by molar-refractivity contribution is -0.119. The molecule has 9 nitrogen and oxygen atoms in total. The number of aromatic nitrogens is 4. The molecule has 5 rings (SSSR count). The second-order valence-electron chi connectivity index (χ2n) is 8.26. The van der Waals surface area contributed by atoms with Crippen LogP contribution in [0.5, 0.6) is 0 Å². The Morgan fingerprint density at radius 2 is 2.16 bits per heavy atom. The van der Waals surface area contributed by atoms with Gasteiger partial charge in [-0.15, -0.1) is 10.2 Å². The minimum Gasteiger partial charge on any atom is -0.376 e. The molecule has 2 fully saturated rings. The van der Waals surface area contributed by atoms with Crippen molar-refractivity contribution in [3.63, 3.8) is 0 Å². The maximum absolute atomic E-state index is 12.4. The first-order chi connectivity index (χ1) is 15.5. The molecule has 3 aromatic rings. The van der Waals surface area contributed by atoms with Gasteiger partial charge in [0.1, 0.15) is 0 Å². The Hall–Kier alpha value is -2.37. The summed E-state index contributed by atoms with van der Waals surface area (Å²) in [6.07, 6.45) is 4.50. The number of nitrogens with zero attached hydrogens (tertiary/aromatic N) is 3. The number of aromatic amines is 1. The Balaban J connectivity index is 1.35. The summed E-state index contributed by atoms with van der Waals surface area (Å²) < 4.78 is 31.1. The molecule has 11 heteroatoms. The van der Waals surface area contributed by atoms with E-state index in [4.69, 9.17) is 4.74 Å². The molecular formula is C21H25N5O4S2. The van der Waals surface area contributed by atoms with Gasteiger partial charge in [-0.1, -0.05) is 30.0 Å². The van der Waals surface area contributed by atoms with Gasteiger partial charge in [-0.25, -0.2) is 8.42 Å². The smallest absolute Gasteiger partial charge is 0.230 e. The molecule has 2 saturated heterocycles. The molecule has 2 atom stereocenters. The van der Waals surface area contributed by atoms with Crippen LogP contribution in [0.15, 0.2) is 35.6 Å². The number of para-hydroxylation sites is 1. The number of fused-ring (bicyclic) bond motifs is 1. The van der Waals surface area contributed by atoms with Crippen LogP contribution in [0.25, 0.3) is 22.3 Å². The summed E-state index contributed by atoms with van der Waals surface area (Å²) in [6, 6.07) is 7.73. The molecule has 2 aliphatic heterocycles. The molecule has 170 valence electrons. The highest BCUT2D eigenvalue weighted by Crippen LogP contribution is 2.31. The van der Waals surface area contributed by atoms with Crippen LogP contribution in [0.2, 0.25) is 0 Å². The molecule has 4 heterocycles. The Kier molecular flexibility index (Phi) is 5.95. The minimum atomic E-state index is -3.03. The monoisotopic (exact) mass is 475 g/mol. The third-order valence-electron chi connectivity index (χ3n) is 5.89. The van der Waals surface area contributed by atoms with Crippen molar-refractivity contribution in [3.8, 4) is 11.4 Å². The Labute approximate surface area is 190 Å². The van der Waals surface area contributed by atoms with E-state index >= 15 is 0 Å². The molecule has 0 radical (unpaired) electrons. The standard InChI is InChI=1S/C21H25N5O4S2/c27-19(23-14-7-9-32(28,29)13-14)12-31-21-25-24-20(26(21)11-15-4-3-8-30-15)17-10-22-18-6-2-1-5-16(17)18/h1-2,5-6,10,14-15,22H,3-4,7-9,11-13H2,(H,23,27)/t14-,15+/m0/s1. The Morgan fingerprint density at radius 1 is 1.28 bits per heavy atom. The number of carbonyl (C=O) groups excluding carboxylic acids is 1. The van der Waals surface area contributed by atoms with E-state index in [2.05, 4.69) is 20.5 Å². The lowest BCUT2D eigenvalue weighted by Crippen LogP contribution is -2.36. The number of thioether (sulfide) groups is 1. The summed E-state index contributed by atoms with van der Waals surface area (Å²) in [4.78, 5) is 15.7. The number of ether oxygens (including phenoxy) is 1. The number of H-pyrrole nitrogens is 1. The topological polar surface area (TPSA) is 119 Å². The second kappa shape index (κ2) is 8.87.